The highest BCUT2D eigenvalue weighted by Crippen LogP contribution is 2.51. The lowest BCUT2D eigenvalue weighted by molar-refractivity contribution is -0.130. The molecule has 2 aliphatic carbocycles. The van der Waals surface area contributed by atoms with Crippen molar-refractivity contribution in [2.75, 3.05) is 6.61 Å². The molecule has 0 bridgehead atoms. The summed E-state index contributed by atoms with van der Waals surface area (Å²) in [5.74, 6) is 1.28. The van der Waals surface area contributed by atoms with Crippen LogP contribution in [0.2, 0.25) is 0 Å². The first-order chi connectivity index (χ1) is 12.0. The molecule has 136 valence electrons. The first kappa shape index (κ1) is 16.6. The van der Waals surface area contributed by atoms with Gasteiger partial charge in [0.05, 0.1) is 6.10 Å². The summed E-state index contributed by atoms with van der Waals surface area (Å²) < 4.78 is 7.17. The Balaban J connectivity index is 1.45. The number of rotatable bonds is 4. The number of aryl methyl sites for hydroxylation is 1. The van der Waals surface area contributed by atoms with Crippen molar-refractivity contribution in [1.82, 2.24) is 14.9 Å². The molecule has 1 aliphatic heterocycles. The van der Waals surface area contributed by atoms with Gasteiger partial charge in [-0.25, -0.2) is 4.79 Å². The largest absolute Gasteiger partial charge is 0.377 e. The highest BCUT2D eigenvalue weighted by Gasteiger charge is 2.56. The fourth-order valence-electron chi connectivity index (χ4n) is 4.98. The van der Waals surface area contributed by atoms with E-state index in [0.29, 0.717) is 29.4 Å². The van der Waals surface area contributed by atoms with Gasteiger partial charge in [0.25, 0.3) is 5.56 Å². The molecule has 4 rings (SSSR count). The molecule has 1 aromatic heterocycles. The first-order valence-corrected chi connectivity index (χ1v) is 9.26. The van der Waals surface area contributed by atoms with Gasteiger partial charge < -0.3 is 10.1 Å². The van der Waals surface area contributed by atoms with E-state index in [1.165, 1.54) is 36.4 Å². The minimum atomic E-state index is -0.547. The lowest BCUT2D eigenvalue weighted by Crippen LogP contribution is -2.63. The van der Waals surface area contributed by atoms with Crippen LogP contribution < -0.4 is 16.6 Å². The summed E-state index contributed by atoms with van der Waals surface area (Å²) in [6, 6.07) is 0.155. The van der Waals surface area contributed by atoms with E-state index in [4.69, 9.17) is 4.74 Å². The summed E-state index contributed by atoms with van der Waals surface area (Å²) in [5, 5.41) is 3.15. The number of aromatic nitrogens is 2. The molecular formula is C18H25N3O4. The van der Waals surface area contributed by atoms with Gasteiger partial charge in [-0.2, -0.15) is 0 Å². The first-order valence-electron chi connectivity index (χ1n) is 9.26. The quantitative estimate of drug-likeness (QED) is 0.832. The molecule has 2 heterocycles. The lowest BCUT2D eigenvalue weighted by Gasteiger charge is -2.50. The van der Waals surface area contributed by atoms with E-state index >= 15 is 0 Å². The molecular weight excluding hydrogens is 322 g/mol. The van der Waals surface area contributed by atoms with Crippen LogP contribution in [-0.2, 0) is 16.1 Å². The average Bonchev–Trinajstić information content (AvgIpc) is 3.21. The number of amides is 1. The number of aromatic amines is 1. The van der Waals surface area contributed by atoms with E-state index in [1.54, 1.807) is 6.92 Å². The third-order valence-electron chi connectivity index (χ3n) is 6.21. The molecule has 0 spiro atoms. The highest BCUT2D eigenvalue weighted by molar-refractivity contribution is 5.76. The summed E-state index contributed by atoms with van der Waals surface area (Å²) in [5.41, 5.74) is -0.536. The maximum Gasteiger partial charge on any atom is 0.328 e. The average molecular weight is 347 g/mol. The van der Waals surface area contributed by atoms with Crippen molar-refractivity contribution in [3.05, 3.63) is 32.6 Å². The summed E-state index contributed by atoms with van der Waals surface area (Å²) in [7, 11) is 0. The van der Waals surface area contributed by atoms with Crippen LogP contribution in [0.15, 0.2) is 15.8 Å². The fraction of sp³-hybridized carbons (Fsp3) is 0.722. The van der Waals surface area contributed by atoms with E-state index in [0.717, 1.165) is 13.0 Å². The Bertz CT molecular complexity index is 773. The van der Waals surface area contributed by atoms with Gasteiger partial charge in [0.2, 0.25) is 5.91 Å². The molecule has 1 aromatic rings. The molecule has 1 amide bonds. The van der Waals surface area contributed by atoms with Gasteiger partial charge in [-0.05, 0) is 19.3 Å². The zero-order valence-electron chi connectivity index (χ0n) is 14.5. The van der Waals surface area contributed by atoms with Crippen molar-refractivity contribution in [2.24, 2.45) is 17.8 Å². The highest BCUT2D eigenvalue weighted by atomic mass is 16.5. The Hall–Kier alpha value is -1.89. The summed E-state index contributed by atoms with van der Waals surface area (Å²) in [4.78, 5) is 38.0. The third kappa shape index (κ3) is 2.94. The van der Waals surface area contributed by atoms with E-state index in [1.807, 2.05) is 0 Å². The third-order valence-corrected chi connectivity index (χ3v) is 6.21. The number of nitrogens with zero attached hydrogens (tertiary/aromatic N) is 1. The van der Waals surface area contributed by atoms with Crippen molar-refractivity contribution in [1.29, 1.82) is 0 Å². The van der Waals surface area contributed by atoms with Crippen molar-refractivity contribution in [3.63, 3.8) is 0 Å². The van der Waals surface area contributed by atoms with E-state index in [9.17, 15) is 14.4 Å². The molecule has 4 atom stereocenters. The minimum Gasteiger partial charge on any atom is -0.377 e. The van der Waals surface area contributed by atoms with Gasteiger partial charge in [-0.15, -0.1) is 0 Å². The van der Waals surface area contributed by atoms with Crippen LogP contribution in [0.3, 0.4) is 0 Å². The molecule has 1 saturated heterocycles. The number of fused-ring (bicyclic) bond motifs is 1. The van der Waals surface area contributed by atoms with Crippen molar-refractivity contribution >= 4 is 5.91 Å². The second-order valence-corrected chi connectivity index (χ2v) is 7.70. The van der Waals surface area contributed by atoms with E-state index < -0.39 is 11.2 Å². The van der Waals surface area contributed by atoms with Crippen molar-refractivity contribution in [2.45, 2.75) is 57.7 Å². The molecule has 2 N–H and O–H groups in total. The molecule has 0 radical (unpaired) electrons. The van der Waals surface area contributed by atoms with Crippen LogP contribution in [0.4, 0.5) is 0 Å². The van der Waals surface area contributed by atoms with Gasteiger partial charge in [-0.3, -0.25) is 19.1 Å². The molecule has 7 nitrogen and oxygen atoms in total. The number of hydrogen-bond donors (Lipinski definition) is 2. The standard InChI is InChI=1S/C18H25N3O4/c1-10-8-21(18(24)20-17(10)23)9-13(22)19-15-12-6-7-25-16(12)14(15)11-4-2-3-5-11/h8,11-12,14-16H,2-7,9H2,1H3,(H,19,22)(H,20,23,24)/t12-,14+,15-,16-/m0/s1. The Morgan fingerprint density at radius 2 is 2.08 bits per heavy atom. The monoisotopic (exact) mass is 347 g/mol. The Labute approximate surface area is 145 Å². The summed E-state index contributed by atoms with van der Waals surface area (Å²) in [6.07, 6.45) is 7.72. The van der Waals surface area contributed by atoms with Crippen LogP contribution >= 0.6 is 0 Å². The van der Waals surface area contributed by atoms with Gasteiger partial charge in [-0.1, -0.05) is 25.7 Å². The van der Waals surface area contributed by atoms with Crippen molar-refractivity contribution < 1.29 is 9.53 Å². The smallest absolute Gasteiger partial charge is 0.328 e. The second-order valence-electron chi connectivity index (χ2n) is 7.70. The number of carbonyl (C=O) groups is 1. The SMILES string of the molecule is Cc1cn(CC(=O)N[C@H]2[C@@H]3CCO[C@@H]3[C@@H]2C2CCCC2)c(=O)[nH]c1=O. The van der Waals surface area contributed by atoms with Gasteiger partial charge >= 0.3 is 5.69 Å². The topological polar surface area (TPSA) is 93.2 Å². The minimum absolute atomic E-state index is 0.0669. The number of hydrogen-bond acceptors (Lipinski definition) is 4. The zero-order valence-corrected chi connectivity index (χ0v) is 14.5. The summed E-state index contributed by atoms with van der Waals surface area (Å²) >= 11 is 0. The molecule has 0 unspecified atom stereocenters. The van der Waals surface area contributed by atoms with E-state index in [2.05, 4.69) is 10.3 Å². The Morgan fingerprint density at radius 1 is 1.32 bits per heavy atom. The lowest BCUT2D eigenvalue weighted by atomic mass is 9.61. The molecule has 0 aromatic carbocycles. The number of ether oxygens (including phenoxy) is 1. The predicted octanol–water partition coefficient (Wildman–Crippen LogP) is 0.555. The number of carbonyl (C=O) groups excluding carboxylic acids is 1. The normalized spacial score (nSPS) is 31.6. The van der Waals surface area contributed by atoms with Crippen LogP contribution in [0.25, 0.3) is 0 Å². The fourth-order valence-corrected chi connectivity index (χ4v) is 4.98. The van der Waals surface area contributed by atoms with Crippen molar-refractivity contribution in [3.8, 4) is 0 Å². The van der Waals surface area contributed by atoms with Crippen LogP contribution in [0.1, 0.15) is 37.7 Å². The van der Waals surface area contributed by atoms with Gasteiger partial charge in [0.15, 0.2) is 0 Å². The van der Waals surface area contributed by atoms with Gasteiger partial charge in [0, 0.05) is 36.2 Å². The maximum absolute atomic E-state index is 12.5. The molecule has 7 heteroatoms. The number of nitrogens with one attached hydrogen (secondary N) is 2. The zero-order chi connectivity index (χ0) is 17.6. The maximum atomic E-state index is 12.5. The molecule has 3 aliphatic rings. The Kier molecular flexibility index (Phi) is 4.27. The predicted molar refractivity (Wildman–Crippen MR) is 91.3 cm³/mol. The van der Waals surface area contributed by atoms with Crippen LogP contribution in [0.5, 0.6) is 0 Å². The molecule has 2 saturated carbocycles. The van der Waals surface area contributed by atoms with Crippen LogP contribution in [-0.4, -0.2) is 34.2 Å². The molecule has 25 heavy (non-hydrogen) atoms. The Morgan fingerprint density at radius 3 is 2.84 bits per heavy atom. The van der Waals surface area contributed by atoms with Gasteiger partial charge in [0.1, 0.15) is 6.54 Å². The molecule has 3 fully saturated rings. The summed E-state index contributed by atoms with van der Waals surface area (Å²) in [6.45, 7) is 2.33. The second kappa shape index (κ2) is 6.44. The van der Waals surface area contributed by atoms with Crippen LogP contribution in [0, 0.1) is 24.7 Å². The van der Waals surface area contributed by atoms with E-state index in [-0.39, 0.29) is 18.5 Å². The number of H-pyrrole nitrogens is 1.